The molecule has 2 heterocycles. The van der Waals surface area contributed by atoms with Gasteiger partial charge in [0.2, 0.25) is 15.9 Å². The molecule has 2 aromatic rings. The molecule has 4 rings (SSSR count). The largest absolute Gasteiger partial charge is 0.497 e. The topological polar surface area (TPSA) is 114 Å². The van der Waals surface area contributed by atoms with Gasteiger partial charge < -0.3 is 20.1 Å². The minimum absolute atomic E-state index is 0.0921. The van der Waals surface area contributed by atoms with Gasteiger partial charge in [-0.3, -0.25) is 9.59 Å². The molecule has 0 saturated carbocycles. The van der Waals surface area contributed by atoms with Crippen LogP contribution in [0.5, 0.6) is 11.5 Å². The summed E-state index contributed by atoms with van der Waals surface area (Å²) in [5.74, 6) is 0.0313. The summed E-state index contributed by atoms with van der Waals surface area (Å²) in [7, 11) is -2.29. The zero-order chi connectivity index (χ0) is 23.8. The van der Waals surface area contributed by atoms with E-state index in [9.17, 15) is 18.0 Å². The second-order valence-electron chi connectivity index (χ2n) is 8.28. The van der Waals surface area contributed by atoms with Gasteiger partial charge in [0.05, 0.1) is 23.6 Å². The lowest BCUT2D eigenvalue weighted by Gasteiger charge is -2.32. The highest BCUT2D eigenvalue weighted by Crippen LogP contribution is 2.36. The van der Waals surface area contributed by atoms with E-state index in [4.69, 9.17) is 9.47 Å². The molecule has 2 aromatic carbocycles. The fourth-order valence-electron chi connectivity index (χ4n) is 4.05. The van der Waals surface area contributed by atoms with Crippen molar-refractivity contribution in [1.29, 1.82) is 0 Å². The van der Waals surface area contributed by atoms with E-state index in [-0.39, 0.29) is 23.3 Å². The number of hydrogen-bond acceptors (Lipinski definition) is 6. The Morgan fingerprint density at radius 1 is 1.24 bits per heavy atom. The molecule has 1 saturated heterocycles. The number of fused-ring (bicyclic) bond motifs is 1. The first-order valence-electron chi connectivity index (χ1n) is 10.8. The number of carbonyl (C=O) groups excluding carboxylic acids is 2. The third kappa shape index (κ3) is 4.67. The first-order valence-corrected chi connectivity index (χ1v) is 12.2. The summed E-state index contributed by atoms with van der Waals surface area (Å²) < 4.78 is 39.0. The van der Waals surface area contributed by atoms with Crippen molar-refractivity contribution in [3.63, 3.8) is 0 Å². The minimum Gasteiger partial charge on any atom is -0.497 e. The number of nitrogens with zero attached hydrogens (tertiary/aromatic N) is 1. The van der Waals surface area contributed by atoms with E-state index in [1.54, 1.807) is 51.3 Å². The van der Waals surface area contributed by atoms with Gasteiger partial charge in [0.15, 0.2) is 6.10 Å². The quantitative estimate of drug-likeness (QED) is 0.690. The van der Waals surface area contributed by atoms with Crippen LogP contribution in [0.4, 0.5) is 11.4 Å². The average molecular weight is 474 g/mol. The molecule has 2 aliphatic rings. The third-order valence-corrected chi connectivity index (χ3v) is 7.95. The molecule has 0 bridgehead atoms. The maximum Gasteiger partial charge on any atom is 0.265 e. The van der Waals surface area contributed by atoms with Crippen molar-refractivity contribution in [2.75, 3.05) is 30.8 Å². The maximum atomic E-state index is 13.5. The van der Waals surface area contributed by atoms with Gasteiger partial charge >= 0.3 is 0 Å². The van der Waals surface area contributed by atoms with E-state index < -0.39 is 22.0 Å². The lowest BCUT2D eigenvalue weighted by molar-refractivity contribution is -0.123. The highest BCUT2D eigenvalue weighted by molar-refractivity contribution is 7.89. The fourth-order valence-corrected chi connectivity index (χ4v) is 5.80. The summed E-state index contributed by atoms with van der Waals surface area (Å²) in [5.41, 5.74) is 1.57. The normalized spacial score (nSPS) is 20.9. The Morgan fingerprint density at radius 3 is 2.67 bits per heavy atom. The Balaban J connectivity index is 1.52. The van der Waals surface area contributed by atoms with Crippen LogP contribution in [-0.2, 0) is 19.6 Å². The van der Waals surface area contributed by atoms with Crippen molar-refractivity contribution < 1.29 is 27.5 Å². The summed E-state index contributed by atoms with van der Waals surface area (Å²) in [5, 5.41) is 5.59. The number of ether oxygens (including phenoxy) is 2. The molecule has 1 fully saturated rings. The molecule has 33 heavy (non-hydrogen) atoms. The van der Waals surface area contributed by atoms with Crippen molar-refractivity contribution in [2.24, 2.45) is 5.92 Å². The number of sulfonamides is 1. The SMILES string of the molecule is COc1ccc(NC(=O)C2CCCN(S(=O)(=O)c3cc4c(cc3C)NC(=O)C(C)O4)C2)cc1. The van der Waals surface area contributed by atoms with Gasteiger partial charge in [-0.25, -0.2) is 8.42 Å². The Kier molecular flexibility index (Phi) is 6.31. The van der Waals surface area contributed by atoms with E-state index in [2.05, 4.69) is 10.6 Å². The minimum atomic E-state index is -3.86. The van der Waals surface area contributed by atoms with Crippen molar-refractivity contribution in [2.45, 2.75) is 37.7 Å². The molecule has 10 heteroatoms. The number of benzene rings is 2. The number of nitrogens with one attached hydrogen (secondary N) is 2. The number of methoxy groups -OCH3 is 1. The first kappa shape index (κ1) is 23.1. The van der Waals surface area contributed by atoms with Gasteiger partial charge in [-0.05, 0) is 62.6 Å². The number of carbonyl (C=O) groups is 2. The number of hydrogen-bond donors (Lipinski definition) is 2. The molecule has 2 N–H and O–H groups in total. The molecule has 0 spiro atoms. The molecule has 0 aliphatic carbocycles. The second-order valence-corrected chi connectivity index (χ2v) is 10.2. The van der Waals surface area contributed by atoms with Gasteiger partial charge in [-0.2, -0.15) is 4.31 Å². The van der Waals surface area contributed by atoms with Crippen molar-refractivity contribution in [1.82, 2.24) is 4.31 Å². The van der Waals surface area contributed by atoms with Gasteiger partial charge in [0, 0.05) is 24.8 Å². The molecule has 9 nitrogen and oxygen atoms in total. The number of amides is 2. The van der Waals surface area contributed by atoms with Gasteiger partial charge in [0.25, 0.3) is 5.91 Å². The highest BCUT2D eigenvalue weighted by Gasteiger charge is 2.35. The molecule has 2 aliphatic heterocycles. The number of anilines is 2. The standard InChI is InChI=1S/C23H27N3O6S/c1-14-11-19-20(32-15(2)22(27)25-19)12-21(14)33(29,30)26-10-4-5-16(13-26)23(28)24-17-6-8-18(31-3)9-7-17/h6-9,11-12,15-16H,4-5,10,13H2,1-3H3,(H,24,28)(H,25,27). The van der Waals surface area contributed by atoms with Crippen LogP contribution in [0.15, 0.2) is 41.3 Å². The third-order valence-electron chi connectivity index (χ3n) is 5.94. The Morgan fingerprint density at radius 2 is 1.97 bits per heavy atom. The van der Waals surface area contributed by atoms with Gasteiger partial charge in [-0.15, -0.1) is 0 Å². The van der Waals surface area contributed by atoms with E-state index in [1.165, 1.54) is 10.4 Å². The van der Waals surface area contributed by atoms with E-state index in [0.717, 1.165) is 0 Å². The zero-order valence-corrected chi connectivity index (χ0v) is 19.6. The summed E-state index contributed by atoms with van der Waals surface area (Å²) >= 11 is 0. The predicted octanol–water partition coefficient (Wildman–Crippen LogP) is 2.76. The first-order chi connectivity index (χ1) is 15.7. The summed E-state index contributed by atoms with van der Waals surface area (Å²) in [6.45, 7) is 3.70. The van der Waals surface area contributed by atoms with Crippen molar-refractivity contribution >= 4 is 33.2 Å². The fraction of sp³-hybridized carbons (Fsp3) is 0.391. The molecule has 2 atom stereocenters. The molecule has 2 unspecified atom stereocenters. The van der Waals surface area contributed by atoms with Crippen LogP contribution < -0.4 is 20.1 Å². The molecule has 176 valence electrons. The van der Waals surface area contributed by atoms with E-state index >= 15 is 0 Å². The summed E-state index contributed by atoms with van der Waals surface area (Å²) in [6, 6.07) is 10.0. The predicted molar refractivity (Wildman–Crippen MR) is 123 cm³/mol. The van der Waals surface area contributed by atoms with Gasteiger partial charge in [0.1, 0.15) is 11.5 Å². The zero-order valence-electron chi connectivity index (χ0n) is 18.8. The molecule has 2 amide bonds. The van der Waals surface area contributed by atoms with Crippen LogP contribution in [0.25, 0.3) is 0 Å². The van der Waals surface area contributed by atoms with Crippen LogP contribution in [0.2, 0.25) is 0 Å². The monoisotopic (exact) mass is 473 g/mol. The summed E-state index contributed by atoms with van der Waals surface area (Å²) in [6.07, 6.45) is 0.467. The van der Waals surface area contributed by atoms with Crippen molar-refractivity contribution in [3.8, 4) is 11.5 Å². The second kappa shape index (κ2) is 9.03. The van der Waals surface area contributed by atoms with Gasteiger partial charge in [-0.1, -0.05) is 0 Å². The average Bonchev–Trinajstić information content (AvgIpc) is 2.80. The Bertz CT molecular complexity index is 1180. The van der Waals surface area contributed by atoms with Crippen molar-refractivity contribution in [3.05, 3.63) is 42.0 Å². The molecule has 0 radical (unpaired) electrons. The lowest BCUT2D eigenvalue weighted by Crippen LogP contribution is -2.44. The molecular formula is C23H27N3O6S. The van der Waals surface area contributed by atoms with E-state index in [1.807, 2.05) is 0 Å². The lowest BCUT2D eigenvalue weighted by atomic mass is 9.99. The van der Waals surface area contributed by atoms with Crippen LogP contribution in [-0.4, -0.2) is 50.8 Å². The number of piperidine rings is 1. The highest BCUT2D eigenvalue weighted by atomic mass is 32.2. The van der Waals surface area contributed by atoms with Crippen LogP contribution >= 0.6 is 0 Å². The summed E-state index contributed by atoms with van der Waals surface area (Å²) in [4.78, 5) is 24.8. The number of rotatable bonds is 5. The van der Waals surface area contributed by atoms with Crippen LogP contribution in [0.3, 0.4) is 0 Å². The Hall–Kier alpha value is -3.11. The Labute approximate surface area is 193 Å². The van der Waals surface area contributed by atoms with Crippen LogP contribution in [0.1, 0.15) is 25.3 Å². The molecular weight excluding hydrogens is 446 g/mol. The molecule has 0 aromatic heterocycles. The smallest absolute Gasteiger partial charge is 0.265 e. The maximum absolute atomic E-state index is 13.5. The number of aryl methyl sites for hydroxylation is 1. The van der Waals surface area contributed by atoms with E-state index in [0.29, 0.717) is 47.8 Å². The van der Waals surface area contributed by atoms with Crippen LogP contribution in [0, 0.1) is 12.8 Å².